The highest BCUT2D eigenvalue weighted by Gasteiger charge is 2.32. The molecular weight excluding hydrogens is 350 g/mol. The predicted octanol–water partition coefficient (Wildman–Crippen LogP) is 4.81. The zero-order valence-electron chi connectivity index (χ0n) is 17.5. The summed E-state index contributed by atoms with van der Waals surface area (Å²) in [6, 6.07) is 8.09. The Morgan fingerprint density at radius 1 is 1.04 bits per heavy atom. The third kappa shape index (κ3) is 5.49. The number of anilines is 1. The Morgan fingerprint density at radius 2 is 1.75 bits per heavy atom. The molecule has 1 atom stereocenters. The Balaban J connectivity index is 1.57. The van der Waals surface area contributed by atoms with E-state index in [-0.39, 0.29) is 17.9 Å². The summed E-state index contributed by atoms with van der Waals surface area (Å²) in [7, 11) is 1.97. The molecule has 154 valence electrons. The molecule has 3 amide bonds. The maximum atomic E-state index is 13.1. The molecule has 5 nitrogen and oxygen atoms in total. The van der Waals surface area contributed by atoms with E-state index in [1.54, 1.807) is 4.90 Å². The average Bonchev–Trinajstić information content (AvgIpc) is 2.67. The van der Waals surface area contributed by atoms with Crippen LogP contribution in [0.15, 0.2) is 24.3 Å². The lowest BCUT2D eigenvalue weighted by Gasteiger charge is -2.37. The third-order valence-electron chi connectivity index (χ3n) is 6.30. The van der Waals surface area contributed by atoms with Gasteiger partial charge in [0.05, 0.1) is 5.92 Å². The fourth-order valence-electron chi connectivity index (χ4n) is 4.58. The average molecular weight is 386 g/mol. The SMILES string of the molecule is Cc1cccc(NC(=O)N2CCCC(C(=O)N(C)C3CCCCCCC3)C2)c1. The van der Waals surface area contributed by atoms with Gasteiger partial charge in [0.25, 0.3) is 0 Å². The van der Waals surface area contributed by atoms with E-state index >= 15 is 0 Å². The second-order valence-corrected chi connectivity index (χ2v) is 8.53. The lowest BCUT2D eigenvalue weighted by atomic mass is 9.92. The number of nitrogens with zero attached hydrogens (tertiary/aromatic N) is 2. The minimum atomic E-state index is -0.100. The monoisotopic (exact) mass is 385 g/mol. The summed E-state index contributed by atoms with van der Waals surface area (Å²) in [5.74, 6) is 0.145. The van der Waals surface area contributed by atoms with E-state index in [0.29, 0.717) is 19.1 Å². The molecule has 3 rings (SSSR count). The Morgan fingerprint density at radius 3 is 2.46 bits per heavy atom. The first kappa shape index (κ1) is 20.7. The molecule has 1 unspecified atom stereocenters. The lowest BCUT2D eigenvalue weighted by molar-refractivity contribution is -0.138. The Hall–Kier alpha value is -2.04. The maximum absolute atomic E-state index is 13.1. The van der Waals surface area contributed by atoms with Crippen LogP contribution in [0, 0.1) is 12.8 Å². The highest BCUT2D eigenvalue weighted by atomic mass is 16.2. The maximum Gasteiger partial charge on any atom is 0.321 e. The van der Waals surface area contributed by atoms with Gasteiger partial charge >= 0.3 is 6.03 Å². The number of piperidine rings is 1. The van der Waals surface area contributed by atoms with E-state index in [1.165, 1.54) is 32.1 Å². The fraction of sp³-hybridized carbons (Fsp3) is 0.652. The fourth-order valence-corrected chi connectivity index (χ4v) is 4.58. The summed E-state index contributed by atoms with van der Waals surface area (Å²) >= 11 is 0. The van der Waals surface area contributed by atoms with Crippen LogP contribution in [0.2, 0.25) is 0 Å². The molecule has 2 aliphatic rings. The summed E-state index contributed by atoms with van der Waals surface area (Å²) < 4.78 is 0. The van der Waals surface area contributed by atoms with Crippen LogP contribution in [-0.4, -0.2) is 47.9 Å². The summed E-state index contributed by atoms with van der Waals surface area (Å²) in [6.45, 7) is 3.25. The van der Waals surface area contributed by atoms with E-state index in [4.69, 9.17) is 0 Å². The molecule has 0 spiro atoms. The number of likely N-dealkylation sites (tertiary alicyclic amines) is 1. The van der Waals surface area contributed by atoms with Crippen LogP contribution < -0.4 is 5.32 Å². The molecule has 2 fully saturated rings. The summed E-state index contributed by atoms with van der Waals surface area (Å²) in [6.07, 6.45) is 10.3. The van der Waals surface area contributed by atoms with Crippen LogP contribution in [0.5, 0.6) is 0 Å². The molecule has 1 heterocycles. The standard InChI is InChI=1S/C23H35N3O2/c1-18-10-8-12-20(16-18)24-23(28)26-15-9-11-19(17-26)22(27)25(2)21-13-6-4-3-5-7-14-21/h8,10,12,16,19,21H,3-7,9,11,13-15,17H2,1-2H3,(H,24,28). The van der Waals surface area contributed by atoms with Crippen LogP contribution in [0.3, 0.4) is 0 Å². The van der Waals surface area contributed by atoms with Crippen molar-refractivity contribution in [1.29, 1.82) is 0 Å². The van der Waals surface area contributed by atoms with Crippen molar-refractivity contribution in [3.63, 3.8) is 0 Å². The predicted molar refractivity (Wildman–Crippen MR) is 113 cm³/mol. The minimum absolute atomic E-state index is 0.0764. The van der Waals surface area contributed by atoms with Gasteiger partial charge in [-0.1, -0.05) is 44.2 Å². The van der Waals surface area contributed by atoms with Gasteiger partial charge in [-0.25, -0.2) is 4.79 Å². The quantitative estimate of drug-likeness (QED) is 0.812. The molecule has 1 aromatic rings. The first-order valence-corrected chi connectivity index (χ1v) is 10.9. The normalized spacial score (nSPS) is 21.5. The smallest absolute Gasteiger partial charge is 0.321 e. The van der Waals surface area contributed by atoms with Crippen LogP contribution in [-0.2, 0) is 4.79 Å². The van der Waals surface area contributed by atoms with E-state index in [0.717, 1.165) is 36.9 Å². The van der Waals surface area contributed by atoms with E-state index in [1.807, 2.05) is 43.1 Å². The van der Waals surface area contributed by atoms with Gasteiger partial charge in [-0.2, -0.15) is 0 Å². The van der Waals surface area contributed by atoms with Gasteiger partial charge in [0.2, 0.25) is 5.91 Å². The second kappa shape index (κ2) is 9.94. The molecule has 1 saturated heterocycles. The zero-order chi connectivity index (χ0) is 19.9. The van der Waals surface area contributed by atoms with E-state index in [2.05, 4.69) is 5.32 Å². The van der Waals surface area contributed by atoms with E-state index in [9.17, 15) is 9.59 Å². The number of rotatable bonds is 3. The number of aryl methyl sites for hydroxylation is 1. The highest BCUT2D eigenvalue weighted by Crippen LogP contribution is 2.25. The van der Waals surface area contributed by atoms with Gasteiger partial charge in [-0.15, -0.1) is 0 Å². The third-order valence-corrected chi connectivity index (χ3v) is 6.30. The number of nitrogens with one attached hydrogen (secondary N) is 1. The molecular formula is C23H35N3O2. The van der Waals surface area contributed by atoms with Crippen LogP contribution in [0.1, 0.15) is 63.4 Å². The number of hydrogen-bond acceptors (Lipinski definition) is 2. The molecule has 0 radical (unpaired) electrons. The van der Waals surface area contributed by atoms with Crippen molar-refractivity contribution in [2.45, 2.75) is 70.8 Å². The van der Waals surface area contributed by atoms with Crippen molar-refractivity contribution < 1.29 is 9.59 Å². The summed E-state index contributed by atoms with van der Waals surface area (Å²) in [4.78, 5) is 29.6. The van der Waals surface area contributed by atoms with Gasteiger partial charge in [-0.05, 0) is 50.3 Å². The molecule has 1 N–H and O–H groups in total. The Labute approximate surface area is 169 Å². The van der Waals surface area contributed by atoms with Crippen molar-refractivity contribution in [1.82, 2.24) is 9.80 Å². The van der Waals surface area contributed by atoms with Crippen molar-refractivity contribution in [2.75, 3.05) is 25.5 Å². The summed E-state index contributed by atoms with van der Waals surface area (Å²) in [5.41, 5.74) is 1.93. The van der Waals surface area contributed by atoms with Crippen molar-refractivity contribution in [2.24, 2.45) is 5.92 Å². The zero-order valence-corrected chi connectivity index (χ0v) is 17.5. The Bertz CT molecular complexity index is 668. The van der Waals surface area contributed by atoms with Gasteiger partial charge in [0.1, 0.15) is 0 Å². The number of carbonyl (C=O) groups excluding carboxylic acids is 2. The molecule has 1 aromatic carbocycles. The van der Waals surface area contributed by atoms with Gasteiger partial charge < -0.3 is 15.1 Å². The van der Waals surface area contributed by atoms with Crippen LogP contribution in [0.25, 0.3) is 0 Å². The lowest BCUT2D eigenvalue weighted by Crippen LogP contribution is -2.49. The number of carbonyl (C=O) groups is 2. The summed E-state index contributed by atoms with van der Waals surface area (Å²) in [5, 5.41) is 2.98. The molecule has 5 heteroatoms. The molecule has 28 heavy (non-hydrogen) atoms. The minimum Gasteiger partial charge on any atom is -0.342 e. The van der Waals surface area contributed by atoms with Crippen molar-refractivity contribution >= 4 is 17.6 Å². The Kier molecular flexibility index (Phi) is 7.35. The highest BCUT2D eigenvalue weighted by molar-refractivity contribution is 5.90. The molecule has 0 bridgehead atoms. The van der Waals surface area contributed by atoms with Gasteiger partial charge in [0.15, 0.2) is 0 Å². The second-order valence-electron chi connectivity index (χ2n) is 8.53. The van der Waals surface area contributed by atoms with Gasteiger partial charge in [0, 0.05) is 31.9 Å². The van der Waals surface area contributed by atoms with Gasteiger partial charge in [-0.3, -0.25) is 4.79 Å². The number of urea groups is 1. The molecule has 0 aromatic heterocycles. The topological polar surface area (TPSA) is 52.7 Å². The number of benzene rings is 1. The molecule has 1 saturated carbocycles. The first-order chi connectivity index (χ1) is 13.5. The number of amides is 3. The largest absolute Gasteiger partial charge is 0.342 e. The molecule has 1 aliphatic carbocycles. The van der Waals surface area contributed by atoms with Crippen LogP contribution in [0.4, 0.5) is 10.5 Å². The first-order valence-electron chi connectivity index (χ1n) is 10.9. The number of hydrogen-bond donors (Lipinski definition) is 1. The molecule has 1 aliphatic heterocycles. The van der Waals surface area contributed by atoms with E-state index < -0.39 is 0 Å². The van der Waals surface area contributed by atoms with Crippen molar-refractivity contribution in [3.05, 3.63) is 29.8 Å². The van der Waals surface area contributed by atoms with Crippen LogP contribution >= 0.6 is 0 Å². The van der Waals surface area contributed by atoms with Crippen molar-refractivity contribution in [3.8, 4) is 0 Å².